The van der Waals surface area contributed by atoms with Crippen LogP contribution in [0.3, 0.4) is 0 Å². The highest BCUT2D eigenvalue weighted by Crippen LogP contribution is 2.19. The monoisotopic (exact) mass is 234 g/mol. The number of carbonyl (C=O) groups is 2. The minimum absolute atomic E-state index is 0.0412. The van der Waals surface area contributed by atoms with Gasteiger partial charge in [-0.3, -0.25) is 9.59 Å². The van der Waals surface area contributed by atoms with Crippen molar-refractivity contribution in [2.45, 2.75) is 12.8 Å². The van der Waals surface area contributed by atoms with Gasteiger partial charge in [-0.05, 0) is 12.8 Å². The second kappa shape index (κ2) is 4.90. The summed E-state index contributed by atoms with van der Waals surface area (Å²) in [6.45, 7) is 1.43. The summed E-state index contributed by atoms with van der Waals surface area (Å²) in [7, 11) is 0. The summed E-state index contributed by atoms with van der Waals surface area (Å²) in [6, 6.07) is 0. The van der Waals surface area contributed by atoms with Gasteiger partial charge >= 0.3 is 0 Å². The van der Waals surface area contributed by atoms with Gasteiger partial charge in [0.1, 0.15) is 0 Å². The van der Waals surface area contributed by atoms with Crippen LogP contribution in [0.5, 0.6) is 0 Å². The van der Waals surface area contributed by atoms with E-state index in [4.69, 9.17) is 5.73 Å². The van der Waals surface area contributed by atoms with E-state index in [1.807, 2.05) is 4.90 Å². The van der Waals surface area contributed by atoms with Crippen LogP contribution < -0.4 is 10.6 Å². The third-order valence-electron chi connectivity index (χ3n) is 2.97. The maximum atomic E-state index is 11.0. The van der Waals surface area contributed by atoms with Gasteiger partial charge in [-0.1, -0.05) is 0 Å². The zero-order chi connectivity index (χ0) is 12.3. The first-order valence-corrected chi connectivity index (χ1v) is 5.52. The van der Waals surface area contributed by atoms with E-state index in [0.29, 0.717) is 30.9 Å². The van der Waals surface area contributed by atoms with Gasteiger partial charge in [0.2, 0.25) is 11.9 Å². The Morgan fingerprint density at radius 2 is 1.94 bits per heavy atom. The van der Waals surface area contributed by atoms with Crippen molar-refractivity contribution in [3.05, 3.63) is 18.0 Å². The summed E-state index contributed by atoms with van der Waals surface area (Å²) in [5.74, 6) is 0.320. The summed E-state index contributed by atoms with van der Waals surface area (Å²) in [5.41, 5.74) is 5.72. The molecule has 0 saturated carbocycles. The third-order valence-corrected chi connectivity index (χ3v) is 2.97. The molecule has 6 heteroatoms. The molecular formula is C11H14N4O2. The van der Waals surface area contributed by atoms with Gasteiger partial charge in [-0.25, -0.2) is 9.97 Å². The lowest BCUT2D eigenvalue weighted by Gasteiger charge is -2.30. The number of piperidine rings is 1. The second-order valence-electron chi connectivity index (χ2n) is 4.10. The van der Waals surface area contributed by atoms with Gasteiger partial charge in [0.25, 0.3) is 0 Å². The molecule has 1 amide bonds. The van der Waals surface area contributed by atoms with E-state index >= 15 is 0 Å². The quantitative estimate of drug-likeness (QED) is 0.743. The molecule has 0 aliphatic carbocycles. The first-order chi connectivity index (χ1) is 8.20. The van der Waals surface area contributed by atoms with Crippen LogP contribution in [0.15, 0.2) is 12.4 Å². The molecule has 1 aliphatic rings. The van der Waals surface area contributed by atoms with E-state index in [1.165, 1.54) is 12.4 Å². The number of amides is 1. The van der Waals surface area contributed by atoms with Gasteiger partial charge in [0, 0.05) is 31.4 Å². The molecule has 0 spiro atoms. The lowest BCUT2D eigenvalue weighted by atomic mass is 9.96. The van der Waals surface area contributed by atoms with Crippen LogP contribution >= 0.6 is 0 Å². The highest BCUT2D eigenvalue weighted by molar-refractivity contribution is 5.77. The van der Waals surface area contributed by atoms with E-state index in [0.717, 1.165) is 12.8 Å². The molecule has 1 fully saturated rings. The van der Waals surface area contributed by atoms with Gasteiger partial charge < -0.3 is 10.6 Å². The number of nitrogens with zero attached hydrogens (tertiary/aromatic N) is 3. The van der Waals surface area contributed by atoms with E-state index in [9.17, 15) is 9.59 Å². The molecule has 0 unspecified atom stereocenters. The molecule has 90 valence electrons. The van der Waals surface area contributed by atoms with Crippen LogP contribution in [0.1, 0.15) is 23.2 Å². The number of aldehydes is 1. The number of nitrogens with two attached hydrogens (primary N) is 1. The molecular weight excluding hydrogens is 220 g/mol. The van der Waals surface area contributed by atoms with Crippen LogP contribution in [0.25, 0.3) is 0 Å². The zero-order valence-electron chi connectivity index (χ0n) is 9.37. The van der Waals surface area contributed by atoms with Gasteiger partial charge in [-0.15, -0.1) is 0 Å². The number of hydrogen-bond acceptors (Lipinski definition) is 5. The van der Waals surface area contributed by atoms with Crippen LogP contribution in [-0.4, -0.2) is 35.3 Å². The van der Waals surface area contributed by atoms with Crippen molar-refractivity contribution >= 4 is 18.1 Å². The molecule has 0 aromatic carbocycles. The lowest BCUT2D eigenvalue weighted by Crippen LogP contribution is -2.39. The van der Waals surface area contributed by atoms with Crippen molar-refractivity contribution in [2.75, 3.05) is 18.0 Å². The molecule has 0 radical (unpaired) electrons. The normalized spacial score (nSPS) is 16.8. The molecule has 2 N–H and O–H groups in total. The molecule has 2 rings (SSSR count). The largest absolute Gasteiger partial charge is 0.369 e. The highest BCUT2D eigenvalue weighted by Gasteiger charge is 2.24. The van der Waals surface area contributed by atoms with Crippen LogP contribution in [-0.2, 0) is 4.79 Å². The first kappa shape index (κ1) is 11.5. The first-order valence-electron chi connectivity index (χ1n) is 5.52. The Kier molecular flexibility index (Phi) is 3.32. The van der Waals surface area contributed by atoms with Crippen LogP contribution in [0, 0.1) is 5.92 Å². The van der Waals surface area contributed by atoms with Crippen molar-refractivity contribution < 1.29 is 9.59 Å². The van der Waals surface area contributed by atoms with Crippen molar-refractivity contribution in [3.63, 3.8) is 0 Å². The Morgan fingerprint density at radius 1 is 1.35 bits per heavy atom. The molecule has 6 nitrogen and oxygen atoms in total. The maximum absolute atomic E-state index is 11.0. The fourth-order valence-electron chi connectivity index (χ4n) is 1.92. The average molecular weight is 234 g/mol. The second-order valence-corrected chi connectivity index (χ2v) is 4.10. The molecule has 1 aromatic rings. The molecule has 0 bridgehead atoms. The van der Waals surface area contributed by atoms with Gasteiger partial charge in [0.05, 0.1) is 5.56 Å². The van der Waals surface area contributed by atoms with E-state index in [2.05, 4.69) is 9.97 Å². The molecule has 0 atom stereocenters. The predicted molar refractivity (Wildman–Crippen MR) is 61.6 cm³/mol. The average Bonchev–Trinajstić information content (AvgIpc) is 2.39. The summed E-state index contributed by atoms with van der Waals surface area (Å²) in [6.07, 6.45) is 5.16. The van der Waals surface area contributed by atoms with E-state index in [-0.39, 0.29) is 11.8 Å². The molecule has 2 heterocycles. The minimum Gasteiger partial charge on any atom is -0.369 e. The van der Waals surface area contributed by atoms with Crippen molar-refractivity contribution in [2.24, 2.45) is 11.7 Å². The van der Waals surface area contributed by atoms with Gasteiger partial charge in [0.15, 0.2) is 6.29 Å². The lowest BCUT2D eigenvalue weighted by molar-refractivity contribution is -0.122. The Morgan fingerprint density at radius 3 is 2.41 bits per heavy atom. The van der Waals surface area contributed by atoms with Crippen LogP contribution in [0.2, 0.25) is 0 Å². The number of primary amides is 1. The van der Waals surface area contributed by atoms with Gasteiger partial charge in [-0.2, -0.15) is 0 Å². The summed E-state index contributed by atoms with van der Waals surface area (Å²) in [4.78, 5) is 31.7. The van der Waals surface area contributed by atoms with Crippen molar-refractivity contribution in [1.29, 1.82) is 0 Å². The number of anilines is 1. The molecule has 1 saturated heterocycles. The highest BCUT2D eigenvalue weighted by atomic mass is 16.1. The number of carbonyl (C=O) groups excluding carboxylic acids is 2. The van der Waals surface area contributed by atoms with Crippen molar-refractivity contribution in [1.82, 2.24) is 9.97 Å². The fourth-order valence-corrected chi connectivity index (χ4v) is 1.92. The predicted octanol–water partition coefficient (Wildman–Crippen LogP) is -0.00920. The summed E-state index contributed by atoms with van der Waals surface area (Å²) < 4.78 is 0. The smallest absolute Gasteiger partial charge is 0.225 e. The summed E-state index contributed by atoms with van der Waals surface area (Å²) >= 11 is 0. The number of rotatable bonds is 3. The standard InChI is InChI=1S/C11H14N4O2/c12-10(17)9-1-3-15(4-2-9)11-13-5-8(7-16)6-14-11/h5-7,9H,1-4H2,(H2,12,17). The summed E-state index contributed by atoms with van der Waals surface area (Å²) in [5, 5.41) is 0. The Hall–Kier alpha value is -1.98. The van der Waals surface area contributed by atoms with E-state index in [1.54, 1.807) is 0 Å². The molecule has 17 heavy (non-hydrogen) atoms. The third kappa shape index (κ3) is 2.58. The van der Waals surface area contributed by atoms with Crippen molar-refractivity contribution in [3.8, 4) is 0 Å². The van der Waals surface area contributed by atoms with E-state index < -0.39 is 0 Å². The Labute approximate surface area is 98.8 Å². The zero-order valence-corrected chi connectivity index (χ0v) is 9.37. The van der Waals surface area contributed by atoms with Crippen LogP contribution in [0.4, 0.5) is 5.95 Å². The Bertz CT molecular complexity index is 410. The minimum atomic E-state index is -0.234. The molecule has 1 aromatic heterocycles. The topological polar surface area (TPSA) is 89.2 Å². The molecule has 1 aliphatic heterocycles. The SMILES string of the molecule is NC(=O)C1CCN(c2ncc(C=O)cn2)CC1. The number of aromatic nitrogens is 2. The maximum Gasteiger partial charge on any atom is 0.225 e. The number of hydrogen-bond donors (Lipinski definition) is 1. The fraction of sp³-hybridized carbons (Fsp3) is 0.455. The Balaban J connectivity index is 2.00.